The Kier molecular flexibility index (Phi) is 5.85. The van der Waals surface area contributed by atoms with Gasteiger partial charge in [0.2, 0.25) is 5.91 Å². The molecule has 7 heteroatoms. The van der Waals surface area contributed by atoms with Crippen LogP contribution in [0, 0.1) is 6.92 Å². The third-order valence-corrected chi connectivity index (χ3v) is 4.94. The second kappa shape index (κ2) is 8.29. The lowest BCUT2D eigenvalue weighted by Crippen LogP contribution is -2.25. The summed E-state index contributed by atoms with van der Waals surface area (Å²) in [6.45, 7) is 2.39. The van der Waals surface area contributed by atoms with Crippen LogP contribution in [0.5, 0.6) is 0 Å². The lowest BCUT2D eigenvalue weighted by atomic mass is 10.2. The molecule has 0 aliphatic heterocycles. The Hall–Kier alpha value is -2.44. The summed E-state index contributed by atoms with van der Waals surface area (Å²) < 4.78 is 1.05. The van der Waals surface area contributed by atoms with Gasteiger partial charge in [0.25, 0.3) is 5.91 Å². The standard InChI is InChI=1S/C19H18ClN3O2S/c1-12-22-16-9-8-15(11-17(16)26-12)23-18(24)3-2-10-21-19(25)13-4-6-14(20)7-5-13/h4-9,11H,2-3,10H2,1H3,(H,21,25)(H,23,24). The van der Waals surface area contributed by atoms with Crippen molar-refractivity contribution in [2.24, 2.45) is 0 Å². The predicted molar refractivity (Wildman–Crippen MR) is 106 cm³/mol. The second-order valence-electron chi connectivity index (χ2n) is 5.83. The van der Waals surface area contributed by atoms with E-state index < -0.39 is 0 Å². The molecule has 5 nitrogen and oxygen atoms in total. The van der Waals surface area contributed by atoms with E-state index in [2.05, 4.69) is 15.6 Å². The number of amides is 2. The minimum absolute atomic E-state index is 0.0775. The van der Waals surface area contributed by atoms with E-state index >= 15 is 0 Å². The van der Waals surface area contributed by atoms with E-state index in [1.165, 1.54) is 0 Å². The summed E-state index contributed by atoms with van der Waals surface area (Å²) in [4.78, 5) is 28.4. The second-order valence-corrected chi connectivity index (χ2v) is 7.50. The number of carbonyl (C=O) groups is 2. The van der Waals surface area contributed by atoms with Crippen molar-refractivity contribution >= 4 is 50.7 Å². The third kappa shape index (κ3) is 4.80. The van der Waals surface area contributed by atoms with E-state index in [0.29, 0.717) is 30.0 Å². The van der Waals surface area contributed by atoms with Crippen LogP contribution in [0.2, 0.25) is 5.02 Å². The van der Waals surface area contributed by atoms with Crippen molar-refractivity contribution in [3.05, 3.63) is 58.1 Å². The van der Waals surface area contributed by atoms with Crippen LogP contribution in [0.25, 0.3) is 10.2 Å². The molecular formula is C19H18ClN3O2S. The zero-order valence-electron chi connectivity index (χ0n) is 14.2. The van der Waals surface area contributed by atoms with Gasteiger partial charge in [0.05, 0.1) is 15.2 Å². The first kappa shape index (κ1) is 18.4. The number of anilines is 1. The highest BCUT2D eigenvalue weighted by atomic mass is 35.5. The third-order valence-electron chi connectivity index (χ3n) is 3.75. The maximum atomic E-state index is 12.1. The van der Waals surface area contributed by atoms with Crippen molar-refractivity contribution in [2.45, 2.75) is 19.8 Å². The Morgan fingerprint density at radius 3 is 2.69 bits per heavy atom. The Labute approximate surface area is 160 Å². The first-order valence-electron chi connectivity index (χ1n) is 8.22. The van der Waals surface area contributed by atoms with Crippen LogP contribution in [-0.2, 0) is 4.79 Å². The van der Waals surface area contributed by atoms with Gasteiger partial charge in [-0.1, -0.05) is 11.6 Å². The number of benzene rings is 2. The summed E-state index contributed by atoms with van der Waals surface area (Å²) >= 11 is 7.40. The van der Waals surface area contributed by atoms with Gasteiger partial charge in [0, 0.05) is 29.2 Å². The molecule has 134 valence electrons. The lowest BCUT2D eigenvalue weighted by molar-refractivity contribution is -0.116. The van der Waals surface area contributed by atoms with Crippen molar-refractivity contribution in [3.63, 3.8) is 0 Å². The Balaban J connectivity index is 1.43. The fourth-order valence-corrected chi connectivity index (χ4v) is 3.49. The van der Waals surface area contributed by atoms with Gasteiger partial charge in [-0.3, -0.25) is 9.59 Å². The van der Waals surface area contributed by atoms with E-state index in [9.17, 15) is 9.59 Å². The lowest BCUT2D eigenvalue weighted by Gasteiger charge is -2.07. The van der Waals surface area contributed by atoms with Gasteiger partial charge in [-0.25, -0.2) is 4.98 Å². The molecule has 0 spiro atoms. The van der Waals surface area contributed by atoms with Gasteiger partial charge in [-0.15, -0.1) is 11.3 Å². The number of hydrogen-bond donors (Lipinski definition) is 2. The Morgan fingerprint density at radius 2 is 1.92 bits per heavy atom. The maximum Gasteiger partial charge on any atom is 0.251 e. The van der Waals surface area contributed by atoms with Crippen molar-refractivity contribution < 1.29 is 9.59 Å². The average molecular weight is 388 g/mol. The smallest absolute Gasteiger partial charge is 0.251 e. The van der Waals surface area contributed by atoms with Crippen LogP contribution in [0.3, 0.4) is 0 Å². The number of nitrogens with one attached hydrogen (secondary N) is 2. The van der Waals surface area contributed by atoms with Crippen LogP contribution in [0.15, 0.2) is 42.5 Å². The van der Waals surface area contributed by atoms with Gasteiger partial charge < -0.3 is 10.6 Å². The summed E-state index contributed by atoms with van der Waals surface area (Å²) in [5, 5.41) is 7.27. The van der Waals surface area contributed by atoms with E-state index in [-0.39, 0.29) is 11.8 Å². The molecule has 3 aromatic rings. The average Bonchev–Trinajstić information content (AvgIpc) is 2.98. The molecule has 0 unspecified atom stereocenters. The number of aryl methyl sites for hydroxylation is 1. The van der Waals surface area contributed by atoms with Gasteiger partial charge in [-0.05, 0) is 55.8 Å². The van der Waals surface area contributed by atoms with E-state index in [0.717, 1.165) is 20.9 Å². The fourth-order valence-electron chi connectivity index (χ4n) is 2.50. The summed E-state index contributed by atoms with van der Waals surface area (Å²) in [7, 11) is 0. The maximum absolute atomic E-state index is 12.1. The molecule has 3 rings (SSSR count). The topological polar surface area (TPSA) is 71.1 Å². The molecular weight excluding hydrogens is 370 g/mol. The van der Waals surface area contributed by atoms with Gasteiger partial charge >= 0.3 is 0 Å². The molecule has 0 aliphatic rings. The molecule has 0 fully saturated rings. The molecule has 0 saturated carbocycles. The largest absolute Gasteiger partial charge is 0.352 e. The Bertz CT molecular complexity index is 938. The van der Waals surface area contributed by atoms with Crippen LogP contribution < -0.4 is 10.6 Å². The zero-order valence-corrected chi connectivity index (χ0v) is 15.8. The molecule has 1 heterocycles. The number of hydrogen-bond acceptors (Lipinski definition) is 4. The highest BCUT2D eigenvalue weighted by Crippen LogP contribution is 2.24. The summed E-state index contributed by atoms with van der Waals surface area (Å²) in [5.41, 5.74) is 2.25. The van der Waals surface area contributed by atoms with Crippen molar-refractivity contribution in [1.82, 2.24) is 10.3 Å². The quantitative estimate of drug-likeness (QED) is 0.615. The summed E-state index contributed by atoms with van der Waals surface area (Å²) in [6.07, 6.45) is 0.897. The van der Waals surface area contributed by atoms with Gasteiger partial charge in [-0.2, -0.15) is 0 Å². The first-order valence-corrected chi connectivity index (χ1v) is 9.41. The first-order chi connectivity index (χ1) is 12.5. The number of nitrogens with zero attached hydrogens (tertiary/aromatic N) is 1. The fraction of sp³-hybridized carbons (Fsp3) is 0.211. The molecule has 2 N–H and O–H groups in total. The van der Waals surface area contributed by atoms with Crippen LogP contribution in [0.1, 0.15) is 28.2 Å². The van der Waals surface area contributed by atoms with E-state index in [1.807, 2.05) is 25.1 Å². The normalized spacial score (nSPS) is 10.7. The number of rotatable bonds is 6. The number of aromatic nitrogens is 1. The number of carbonyl (C=O) groups excluding carboxylic acids is 2. The molecule has 0 aliphatic carbocycles. The number of halogens is 1. The minimum atomic E-state index is -0.173. The molecule has 26 heavy (non-hydrogen) atoms. The highest BCUT2D eigenvalue weighted by molar-refractivity contribution is 7.18. The van der Waals surface area contributed by atoms with Crippen LogP contribution in [0.4, 0.5) is 5.69 Å². The molecule has 0 bridgehead atoms. The van der Waals surface area contributed by atoms with E-state index in [1.54, 1.807) is 35.6 Å². The molecule has 0 radical (unpaired) electrons. The van der Waals surface area contributed by atoms with Crippen molar-refractivity contribution in [1.29, 1.82) is 0 Å². The molecule has 1 aromatic heterocycles. The molecule has 0 saturated heterocycles. The predicted octanol–water partition coefficient (Wildman–Crippen LogP) is 4.41. The number of fused-ring (bicyclic) bond motifs is 1. The van der Waals surface area contributed by atoms with E-state index in [4.69, 9.17) is 11.6 Å². The Morgan fingerprint density at radius 1 is 1.15 bits per heavy atom. The summed E-state index contributed by atoms with van der Waals surface area (Å²) in [6, 6.07) is 12.4. The van der Waals surface area contributed by atoms with Crippen molar-refractivity contribution in [3.8, 4) is 0 Å². The van der Waals surface area contributed by atoms with Crippen LogP contribution in [-0.4, -0.2) is 23.3 Å². The van der Waals surface area contributed by atoms with Gasteiger partial charge in [0.15, 0.2) is 0 Å². The number of thiazole rings is 1. The molecule has 2 aromatic carbocycles. The van der Waals surface area contributed by atoms with Gasteiger partial charge in [0.1, 0.15) is 0 Å². The van der Waals surface area contributed by atoms with Crippen LogP contribution >= 0.6 is 22.9 Å². The SMILES string of the molecule is Cc1nc2ccc(NC(=O)CCCNC(=O)c3ccc(Cl)cc3)cc2s1. The highest BCUT2D eigenvalue weighted by Gasteiger charge is 2.07. The zero-order chi connectivity index (χ0) is 18.5. The molecule has 2 amide bonds. The minimum Gasteiger partial charge on any atom is -0.352 e. The summed E-state index contributed by atoms with van der Waals surface area (Å²) in [5.74, 6) is -0.251. The van der Waals surface area contributed by atoms with Crippen molar-refractivity contribution in [2.75, 3.05) is 11.9 Å². The monoisotopic (exact) mass is 387 g/mol. The molecule has 0 atom stereocenters.